The number of hydrogen-bond acceptors (Lipinski definition) is 3. The number of nitrogens with zero attached hydrogens (tertiary/aromatic N) is 1. The van der Waals surface area contributed by atoms with Crippen molar-refractivity contribution in [2.75, 3.05) is 25.4 Å². The van der Waals surface area contributed by atoms with Crippen LogP contribution in [0.15, 0.2) is 18.2 Å². The van der Waals surface area contributed by atoms with Crippen LogP contribution in [-0.2, 0) is 0 Å². The molecule has 0 radical (unpaired) electrons. The predicted octanol–water partition coefficient (Wildman–Crippen LogP) is 3.09. The lowest BCUT2D eigenvalue weighted by molar-refractivity contribution is 0.210. The summed E-state index contributed by atoms with van der Waals surface area (Å²) in [6.07, 6.45) is 0. The summed E-state index contributed by atoms with van der Waals surface area (Å²) < 4.78 is 0. The van der Waals surface area contributed by atoms with Crippen LogP contribution in [0.1, 0.15) is 24.1 Å². The van der Waals surface area contributed by atoms with Crippen LogP contribution in [0.25, 0.3) is 0 Å². The summed E-state index contributed by atoms with van der Waals surface area (Å²) >= 11 is 8.07. The van der Waals surface area contributed by atoms with E-state index in [1.165, 1.54) is 16.9 Å². The van der Waals surface area contributed by atoms with Crippen molar-refractivity contribution >= 4 is 23.4 Å². The fourth-order valence-corrected chi connectivity index (χ4v) is 3.88. The van der Waals surface area contributed by atoms with Crippen LogP contribution < -0.4 is 5.73 Å². The second-order valence-electron chi connectivity index (χ2n) is 4.93. The number of rotatable bonds is 3. The lowest BCUT2D eigenvalue weighted by atomic mass is 9.99. The van der Waals surface area contributed by atoms with Gasteiger partial charge in [0, 0.05) is 41.7 Å². The highest BCUT2D eigenvalue weighted by atomic mass is 35.5. The summed E-state index contributed by atoms with van der Waals surface area (Å²) in [6, 6.07) is 6.45. The predicted molar refractivity (Wildman–Crippen MR) is 81.5 cm³/mol. The van der Waals surface area contributed by atoms with Gasteiger partial charge in [-0.2, -0.15) is 11.8 Å². The van der Waals surface area contributed by atoms with Crippen molar-refractivity contribution in [1.82, 2.24) is 4.90 Å². The van der Waals surface area contributed by atoms with Crippen LogP contribution >= 0.6 is 23.4 Å². The van der Waals surface area contributed by atoms with Crippen molar-refractivity contribution in [1.29, 1.82) is 0 Å². The van der Waals surface area contributed by atoms with Gasteiger partial charge in [0.25, 0.3) is 0 Å². The fraction of sp³-hybridized carbons (Fsp3) is 0.571. The van der Waals surface area contributed by atoms with Crippen LogP contribution in [0, 0.1) is 6.92 Å². The van der Waals surface area contributed by atoms with Gasteiger partial charge in [-0.3, -0.25) is 4.90 Å². The number of thioether (sulfide) groups is 1. The second-order valence-corrected chi connectivity index (χ2v) is 6.91. The van der Waals surface area contributed by atoms with Crippen molar-refractivity contribution < 1.29 is 0 Å². The monoisotopic (exact) mass is 284 g/mol. The smallest absolute Gasteiger partial charge is 0.0473 e. The normalized spacial score (nSPS) is 23.0. The average molecular weight is 285 g/mol. The number of hydrogen-bond donors (Lipinski definition) is 1. The van der Waals surface area contributed by atoms with E-state index in [-0.39, 0.29) is 0 Å². The van der Waals surface area contributed by atoms with Gasteiger partial charge >= 0.3 is 0 Å². The minimum Gasteiger partial charge on any atom is -0.329 e. The first-order valence-electron chi connectivity index (χ1n) is 6.43. The minimum atomic E-state index is 0.325. The highest BCUT2D eigenvalue weighted by molar-refractivity contribution is 7.99. The maximum atomic E-state index is 6.03. The second kappa shape index (κ2) is 6.29. The van der Waals surface area contributed by atoms with E-state index >= 15 is 0 Å². The van der Waals surface area contributed by atoms with Gasteiger partial charge in [-0.1, -0.05) is 24.6 Å². The Kier molecular flexibility index (Phi) is 4.96. The van der Waals surface area contributed by atoms with Gasteiger partial charge in [0.15, 0.2) is 0 Å². The number of aryl methyl sites for hydroxylation is 1. The number of benzene rings is 1. The molecule has 2 atom stereocenters. The van der Waals surface area contributed by atoms with E-state index in [0.717, 1.165) is 18.1 Å². The average Bonchev–Trinajstić information content (AvgIpc) is 2.33. The lowest BCUT2D eigenvalue weighted by Crippen LogP contribution is -2.42. The summed E-state index contributed by atoms with van der Waals surface area (Å²) in [7, 11) is 0. The molecule has 0 saturated carbocycles. The highest BCUT2D eigenvalue weighted by Gasteiger charge is 2.25. The number of halogens is 1. The van der Waals surface area contributed by atoms with Crippen LogP contribution in [0.4, 0.5) is 0 Å². The molecule has 0 spiro atoms. The molecule has 0 aromatic heterocycles. The molecule has 1 saturated heterocycles. The first-order chi connectivity index (χ1) is 8.61. The third-order valence-corrected chi connectivity index (χ3v) is 4.90. The van der Waals surface area contributed by atoms with Crippen LogP contribution in [0.3, 0.4) is 0 Å². The lowest BCUT2D eigenvalue weighted by Gasteiger charge is -2.37. The van der Waals surface area contributed by atoms with Crippen molar-refractivity contribution in [2.24, 2.45) is 5.73 Å². The zero-order valence-corrected chi connectivity index (χ0v) is 12.6. The summed E-state index contributed by atoms with van der Waals surface area (Å²) in [6.45, 7) is 7.32. The zero-order chi connectivity index (χ0) is 13.1. The maximum Gasteiger partial charge on any atom is 0.0473 e. The molecule has 0 bridgehead atoms. The van der Waals surface area contributed by atoms with E-state index in [4.69, 9.17) is 17.3 Å². The Morgan fingerprint density at radius 2 is 2.33 bits per heavy atom. The van der Waals surface area contributed by atoms with Crippen LogP contribution in [-0.4, -0.2) is 35.5 Å². The van der Waals surface area contributed by atoms with Crippen molar-refractivity contribution in [3.05, 3.63) is 34.3 Å². The zero-order valence-electron chi connectivity index (χ0n) is 11.0. The Bertz CT molecular complexity index is 411. The van der Waals surface area contributed by atoms with Gasteiger partial charge in [0.2, 0.25) is 0 Å². The summed E-state index contributed by atoms with van der Waals surface area (Å²) in [4.78, 5) is 2.51. The molecule has 2 unspecified atom stereocenters. The first kappa shape index (κ1) is 14.2. The highest BCUT2D eigenvalue weighted by Crippen LogP contribution is 2.29. The molecule has 1 aliphatic heterocycles. The number of nitrogens with two attached hydrogens (primary N) is 1. The molecule has 1 heterocycles. The molecule has 2 nitrogen and oxygen atoms in total. The van der Waals surface area contributed by atoms with E-state index < -0.39 is 0 Å². The minimum absolute atomic E-state index is 0.325. The molecule has 1 fully saturated rings. The van der Waals surface area contributed by atoms with Gasteiger partial charge in [-0.05, 0) is 30.2 Å². The van der Waals surface area contributed by atoms with Crippen molar-refractivity contribution in [3.63, 3.8) is 0 Å². The molecule has 0 amide bonds. The SMILES string of the molecule is Cc1cc(Cl)ccc1C(CN)N1CCSC(C)C1. The van der Waals surface area contributed by atoms with Crippen LogP contribution in [0.5, 0.6) is 0 Å². The molecular weight excluding hydrogens is 264 g/mol. The Morgan fingerprint density at radius 3 is 2.94 bits per heavy atom. The third-order valence-electron chi connectivity index (χ3n) is 3.53. The Morgan fingerprint density at radius 1 is 1.56 bits per heavy atom. The largest absolute Gasteiger partial charge is 0.329 e. The van der Waals surface area contributed by atoms with Gasteiger partial charge < -0.3 is 5.73 Å². The van der Waals surface area contributed by atoms with Gasteiger partial charge in [0.05, 0.1) is 0 Å². The van der Waals surface area contributed by atoms with Gasteiger partial charge in [-0.15, -0.1) is 0 Å². The van der Waals surface area contributed by atoms with Gasteiger partial charge in [-0.25, -0.2) is 0 Å². The quantitative estimate of drug-likeness (QED) is 0.925. The molecule has 2 N–H and O–H groups in total. The van der Waals surface area contributed by atoms with E-state index in [0.29, 0.717) is 17.8 Å². The van der Waals surface area contributed by atoms with Crippen molar-refractivity contribution in [3.8, 4) is 0 Å². The van der Waals surface area contributed by atoms with Crippen molar-refractivity contribution in [2.45, 2.75) is 25.1 Å². The first-order valence-corrected chi connectivity index (χ1v) is 7.86. The van der Waals surface area contributed by atoms with Gasteiger partial charge in [0.1, 0.15) is 0 Å². The molecular formula is C14H21ClN2S. The van der Waals surface area contributed by atoms with E-state index in [2.05, 4.69) is 24.8 Å². The molecule has 1 aliphatic rings. The standard InChI is InChI=1S/C14H21ClN2S/c1-10-7-12(15)3-4-13(10)14(8-16)17-5-6-18-11(2)9-17/h3-4,7,11,14H,5-6,8-9,16H2,1-2H3. The van der Waals surface area contributed by atoms with Crippen LogP contribution in [0.2, 0.25) is 5.02 Å². The summed E-state index contributed by atoms with van der Waals surface area (Å²) in [5.41, 5.74) is 8.57. The third kappa shape index (κ3) is 3.21. The molecule has 4 heteroatoms. The van der Waals surface area contributed by atoms with E-state index in [1.54, 1.807) is 0 Å². The summed E-state index contributed by atoms with van der Waals surface area (Å²) in [5, 5.41) is 1.50. The molecule has 100 valence electrons. The Hall–Kier alpha value is -0.220. The molecule has 0 aliphatic carbocycles. The van der Waals surface area contributed by atoms with E-state index in [1.807, 2.05) is 23.9 Å². The Balaban J connectivity index is 2.21. The topological polar surface area (TPSA) is 29.3 Å². The molecule has 2 rings (SSSR count). The molecule has 1 aromatic carbocycles. The molecule has 18 heavy (non-hydrogen) atoms. The van der Waals surface area contributed by atoms with E-state index in [9.17, 15) is 0 Å². The maximum absolute atomic E-state index is 6.03. The summed E-state index contributed by atoms with van der Waals surface area (Å²) in [5.74, 6) is 1.20. The molecule has 1 aromatic rings. The Labute approximate surface area is 119 Å². The fourth-order valence-electron chi connectivity index (χ4n) is 2.61.